The van der Waals surface area contributed by atoms with Crippen molar-refractivity contribution in [2.45, 2.75) is 38.6 Å². The highest BCUT2D eigenvalue weighted by molar-refractivity contribution is 5.90. The number of carbonyl (C=O) groups is 1. The molecular weight excluding hydrogens is 266 g/mol. The molecule has 1 heterocycles. The van der Waals surface area contributed by atoms with E-state index in [9.17, 15) is 4.79 Å². The number of aryl methyl sites for hydroxylation is 1. The zero-order valence-corrected chi connectivity index (χ0v) is 13.1. The maximum atomic E-state index is 11.6. The van der Waals surface area contributed by atoms with Crippen LogP contribution in [0.15, 0.2) is 12.1 Å². The van der Waals surface area contributed by atoms with Crippen LogP contribution in [0.25, 0.3) is 0 Å². The topological polar surface area (TPSA) is 68.5 Å². The largest absolute Gasteiger partial charge is 0.465 e. The third kappa shape index (κ3) is 3.35. The number of nitrogens with zero attached hydrogens (tertiary/aromatic N) is 2. The summed E-state index contributed by atoms with van der Waals surface area (Å²) >= 11 is 0. The van der Waals surface area contributed by atoms with Crippen molar-refractivity contribution in [1.82, 2.24) is 4.98 Å². The van der Waals surface area contributed by atoms with Gasteiger partial charge in [-0.05, 0) is 44.4 Å². The van der Waals surface area contributed by atoms with E-state index in [-0.39, 0.29) is 5.97 Å². The molecule has 1 fully saturated rings. The summed E-state index contributed by atoms with van der Waals surface area (Å²) in [5.41, 5.74) is 7.14. The molecule has 1 aromatic rings. The standard InChI is InChI=1S/C16H25N3O2/c1-11-13(16(20)21-3)8-9-15(18-11)19(2)14-7-5-4-6-12(14)10-17/h8-9,12,14H,4-7,10,17H2,1-3H3. The Morgan fingerprint density at radius 2 is 2.14 bits per heavy atom. The first-order valence-corrected chi connectivity index (χ1v) is 7.57. The minimum atomic E-state index is -0.341. The SMILES string of the molecule is COC(=O)c1ccc(N(C)C2CCCCC2CN)nc1C. The number of methoxy groups -OCH3 is 1. The third-order valence-electron chi connectivity index (χ3n) is 4.51. The molecule has 0 amide bonds. The third-order valence-corrected chi connectivity index (χ3v) is 4.51. The van der Waals surface area contributed by atoms with Crippen LogP contribution in [0.5, 0.6) is 0 Å². The van der Waals surface area contributed by atoms with Crippen LogP contribution < -0.4 is 10.6 Å². The summed E-state index contributed by atoms with van der Waals surface area (Å²) in [5.74, 6) is 1.07. The normalized spacial score (nSPS) is 21.9. The molecule has 21 heavy (non-hydrogen) atoms. The average Bonchev–Trinajstić information content (AvgIpc) is 2.53. The molecule has 0 aliphatic heterocycles. The summed E-state index contributed by atoms with van der Waals surface area (Å²) in [7, 11) is 3.45. The van der Waals surface area contributed by atoms with Gasteiger partial charge in [0.15, 0.2) is 0 Å². The van der Waals surface area contributed by atoms with Crippen molar-refractivity contribution in [1.29, 1.82) is 0 Å². The van der Waals surface area contributed by atoms with E-state index in [0.29, 0.717) is 29.8 Å². The first kappa shape index (κ1) is 15.8. The number of rotatable bonds is 4. The Kier molecular flexibility index (Phi) is 5.17. The number of ether oxygens (including phenoxy) is 1. The van der Waals surface area contributed by atoms with Crippen LogP contribution in [-0.2, 0) is 4.74 Å². The number of carbonyl (C=O) groups excluding carboxylic acids is 1. The summed E-state index contributed by atoms with van der Waals surface area (Å²) in [5, 5.41) is 0. The quantitative estimate of drug-likeness (QED) is 0.861. The zero-order chi connectivity index (χ0) is 15.4. The van der Waals surface area contributed by atoms with Crippen molar-refractivity contribution in [2.75, 3.05) is 25.6 Å². The zero-order valence-electron chi connectivity index (χ0n) is 13.1. The molecule has 2 unspecified atom stereocenters. The molecular formula is C16H25N3O2. The van der Waals surface area contributed by atoms with E-state index in [1.807, 2.05) is 13.0 Å². The highest BCUT2D eigenvalue weighted by atomic mass is 16.5. The van der Waals surface area contributed by atoms with E-state index in [1.54, 1.807) is 6.07 Å². The van der Waals surface area contributed by atoms with Crippen LogP contribution in [0, 0.1) is 12.8 Å². The van der Waals surface area contributed by atoms with Crippen LogP contribution >= 0.6 is 0 Å². The number of nitrogens with two attached hydrogens (primary N) is 1. The summed E-state index contributed by atoms with van der Waals surface area (Å²) in [6.07, 6.45) is 4.84. The fraction of sp³-hybridized carbons (Fsp3) is 0.625. The van der Waals surface area contributed by atoms with Gasteiger partial charge in [-0.2, -0.15) is 0 Å². The Hall–Kier alpha value is -1.62. The van der Waals surface area contributed by atoms with Crippen LogP contribution in [0.2, 0.25) is 0 Å². The van der Waals surface area contributed by atoms with Gasteiger partial charge in [-0.1, -0.05) is 12.8 Å². The van der Waals surface area contributed by atoms with Crippen molar-refractivity contribution in [2.24, 2.45) is 11.7 Å². The fourth-order valence-corrected chi connectivity index (χ4v) is 3.21. The molecule has 0 radical (unpaired) electrons. The second-order valence-corrected chi connectivity index (χ2v) is 5.75. The van der Waals surface area contributed by atoms with Crippen LogP contribution in [0.3, 0.4) is 0 Å². The Balaban J connectivity index is 2.20. The lowest BCUT2D eigenvalue weighted by molar-refractivity contribution is 0.0599. The minimum absolute atomic E-state index is 0.341. The van der Waals surface area contributed by atoms with Gasteiger partial charge in [-0.15, -0.1) is 0 Å². The van der Waals surface area contributed by atoms with Crippen LogP contribution in [-0.4, -0.2) is 37.7 Å². The minimum Gasteiger partial charge on any atom is -0.465 e. The van der Waals surface area contributed by atoms with E-state index in [4.69, 9.17) is 10.5 Å². The first-order chi connectivity index (χ1) is 10.1. The maximum absolute atomic E-state index is 11.6. The van der Waals surface area contributed by atoms with Gasteiger partial charge in [-0.25, -0.2) is 9.78 Å². The second-order valence-electron chi connectivity index (χ2n) is 5.75. The van der Waals surface area contributed by atoms with E-state index in [1.165, 1.54) is 26.4 Å². The number of hydrogen-bond donors (Lipinski definition) is 1. The molecule has 2 rings (SSSR count). The van der Waals surface area contributed by atoms with E-state index >= 15 is 0 Å². The number of esters is 1. The monoisotopic (exact) mass is 291 g/mol. The predicted molar refractivity (Wildman–Crippen MR) is 83.5 cm³/mol. The lowest BCUT2D eigenvalue weighted by Gasteiger charge is -2.38. The van der Waals surface area contributed by atoms with E-state index in [2.05, 4.69) is 16.9 Å². The highest BCUT2D eigenvalue weighted by Crippen LogP contribution is 2.29. The molecule has 0 spiro atoms. The van der Waals surface area contributed by atoms with Crippen molar-refractivity contribution in [3.05, 3.63) is 23.4 Å². The van der Waals surface area contributed by atoms with Gasteiger partial charge < -0.3 is 15.4 Å². The van der Waals surface area contributed by atoms with Crippen molar-refractivity contribution >= 4 is 11.8 Å². The molecule has 1 saturated carbocycles. The number of anilines is 1. The van der Waals surface area contributed by atoms with Crippen molar-refractivity contribution in [3.63, 3.8) is 0 Å². The second kappa shape index (κ2) is 6.89. The van der Waals surface area contributed by atoms with E-state index < -0.39 is 0 Å². The number of aromatic nitrogens is 1. The lowest BCUT2D eigenvalue weighted by atomic mass is 9.83. The van der Waals surface area contributed by atoms with Crippen LogP contribution in [0.1, 0.15) is 41.7 Å². The summed E-state index contributed by atoms with van der Waals surface area (Å²) in [6, 6.07) is 4.11. The molecule has 0 aromatic carbocycles. The fourth-order valence-electron chi connectivity index (χ4n) is 3.21. The Labute approximate surface area is 126 Å². The van der Waals surface area contributed by atoms with Gasteiger partial charge >= 0.3 is 5.97 Å². The van der Waals surface area contributed by atoms with Gasteiger partial charge in [-0.3, -0.25) is 0 Å². The molecule has 5 heteroatoms. The molecule has 5 nitrogen and oxygen atoms in total. The van der Waals surface area contributed by atoms with Gasteiger partial charge in [0.2, 0.25) is 0 Å². The van der Waals surface area contributed by atoms with Gasteiger partial charge in [0, 0.05) is 13.1 Å². The average molecular weight is 291 g/mol. The highest BCUT2D eigenvalue weighted by Gasteiger charge is 2.28. The molecule has 116 valence electrons. The predicted octanol–water partition coefficient (Wildman–Crippen LogP) is 2.13. The van der Waals surface area contributed by atoms with Gasteiger partial charge in [0.25, 0.3) is 0 Å². The maximum Gasteiger partial charge on any atom is 0.339 e. The summed E-state index contributed by atoms with van der Waals surface area (Å²) in [4.78, 5) is 18.4. The molecule has 0 saturated heterocycles. The molecule has 1 aromatic heterocycles. The Morgan fingerprint density at radius 1 is 1.43 bits per heavy atom. The Bertz CT molecular complexity index is 504. The summed E-state index contributed by atoms with van der Waals surface area (Å²) < 4.78 is 4.76. The first-order valence-electron chi connectivity index (χ1n) is 7.57. The van der Waals surface area contributed by atoms with E-state index in [0.717, 1.165) is 12.2 Å². The van der Waals surface area contributed by atoms with Crippen molar-refractivity contribution < 1.29 is 9.53 Å². The number of pyridine rings is 1. The smallest absolute Gasteiger partial charge is 0.339 e. The van der Waals surface area contributed by atoms with Gasteiger partial charge in [0.05, 0.1) is 18.4 Å². The van der Waals surface area contributed by atoms with Crippen LogP contribution in [0.4, 0.5) is 5.82 Å². The molecule has 0 bridgehead atoms. The van der Waals surface area contributed by atoms with Gasteiger partial charge in [0.1, 0.15) is 5.82 Å². The summed E-state index contributed by atoms with van der Waals surface area (Å²) in [6.45, 7) is 2.55. The lowest BCUT2D eigenvalue weighted by Crippen LogP contribution is -2.43. The number of hydrogen-bond acceptors (Lipinski definition) is 5. The molecule has 2 atom stereocenters. The molecule has 1 aliphatic carbocycles. The Morgan fingerprint density at radius 3 is 2.76 bits per heavy atom. The van der Waals surface area contributed by atoms with Crippen molar-refractivity contribution in [3.8, 4) is 0 Å². The molecule has 2 N–H and O–H groups in total. The molecule has 1 aliphatic rings.